The smallest absolute Gasteiger partial charge is 0.336 e. The minimum absolute atomic E-state index is 0.190. The molecule has 0 aliphatic carbocycles. The van der Waals surface area contributed by atoms with Crippen molar-refractivity contribution >= 4 is 11.9 Å². The highest BCUT2D eigenvalue weighted by Gasteiger charge is 2.40. The molecule has 1 aromatic carbocycles. The van der Waals surface area contributed by atoms with Crippen molar-refractivity contribution in [1.29, 1.82) is 5.26 Å². The van der Waals surface area contributed by atoms with Crippen molar-refractivity contribution in [3.05, 3.63) is 57.9 Å². The Balaban J connectivity index is 2.73. The second kappa shape index (κ2) is 9.20. The van der Waals surface area contributed by atoms with Crippen molar-refractivity contribution in [3.8, 4) is 6.07 Å². The molecular formula is C21H24N2O5. The van der Waals surface area contributed by atoms with Crippen molar-refractivity contribution in [3.63, 3.8) is 0 Å². The Hall–Kier alpha value is -3.11. The maximum atomic E-state index is 12.7. The quantitative estimate of drug-likeness (QED) is 0.697. The van der Waals surface area contributed by atoms with Gasteiger partial charge in [0.15, 0.2) is 0 Å². The third kappa shape index (κ3) is 3.92. The van der Waals surface area contributed by atoms with Crippen LogP contribution in [0.4, 0.5) is 0 Å². The molecule has 1 aliphatic rings. The summed E-state index contributed by atoms with van der Waals surface area (Å²) in [4.78, 5) is 27.2. The molecule has 7 nitrogen and oxygen atoms in total. The molecule has 0 fully saturated rings. The summed E-state index contributed by atoms with van der Waals surface area (Å²) < 4.78 is 15.6. The molecule has 28 heavy (non-hydrogen) atoms. The molecule has 0 N–H and O–H groups in total. The third-order valence-electron chi connectivity index (χ3n) is 4.77. The van der Waals surface area contributed by atoms with E-state index in [4.69, 9.17) is 19.5 Å². The van der Waals surface area contributed by atoms with E-state index in [9.17, 15) is 9.59 Å². The van der Waals surface area contributed by atoms with E-state index in [-0.39, 0.29) is 6.73 Å². The normalized spacial score (nSPS) is 14.8. The number of esters is 2. The van der Waals surface area contributed by atoms with E-state index >= 15 is 0 Å². The zero-order chi connectivity index (χ0) is 20.8. The van der Waals surface area contributed by atoms with Gasteiger partial charge < -0.3 is 19.1 Å². The zero-order valence-corrected chi connectivity index (χ0v) is 16.7. The summed E-state index contributed by atoms with van der Waals surface area (Å²) in [5.41, 5.74) is 3.11. The van der Waals surface area contributed by atoms with Crippen molar-refractivity contribution < 1.29 is 23.8 Å². The predicted octanol–water partition coefficient (Wildman–Crippen LogP) is 2.85. The molecule has 148 valence electrons. The fourth-order valence-electron chi connectivity index (χ4n) is 3.32. The summed E-state index contributed by atoms with van der Waals surface area (Å²) in [5, 5.41) is 9.06. The van der Waals surface area contributed by atoms with Gasteiger partial charge in [0.05, 0.1) is 42.9 Å². The molecule has 1 aliphatic heterocycles. The van der Waals surface area contributed by atoms with Crippen LogP contribution in [0.25, 0.3) is 0 Å². The lowest BCUT2D eigenvalue weighted by Crippen LogP contribution is -2.36. The number of hydrogen-bond acceptors (Lipinski definition) is 7. The SMILES string of the molecule is CCOCN1C(C)=C(C(=O)OC)C(c2ccc(C#N)cc2)C(C(=O)OC)=C1C. The van der Waals surface area contributed by atoms with E-state index in [2.05, 4.69) is 6.07 Å². The highest BCUT2D eigenvalue weighted by molar-refractivity contribution is 5.99. The summed E-state index contributed by atoms with van der Waals surface area (Å²) in [6.45, 7) is 6.12. The van der Waals surface area contributed by atoms with Gasteiger partial charge in [-0.1, -0.05) is 12.1 Å². The topological polar surface area (TPSA) is 88.9 Å². The lowest BCUT2D eigenvalue weighted by Gasteiger charge is -2.37. The average molecular weight is 384 g/mol. The Morgan fingerprint density at radius 1 is 1.04 bits per heavy atom. The maximum absolute atomic E-state index is 12.7. The lowest BCUT2D eigenvalue weighted by molar-refractivity contribution is -0.137. The van der Waals surface area contributed by atoms with Crippen LogP contribution in [0.2, 0.25) is 0 Å². The second-order valence-electron chi connectivity index (χ2n) is 6.20. The number of carbonyl (C=O) groups excluding carboxylic acids is 2. The Kier molecular flexibility index (Phi) is 6.96. The monoisotopic (exact) mass is 384 g/mol. The first-order chi connectivity index (χ1) is 13.4. The van der Waals surface area contributed by atoms with Crippen LogP contribution in [-0.2, 0) is 23.8 Å². The highest BCUT2D eigenvalue weighted by atomic mass is 16.5. The van der Waals surface area contributed by atoms with Crippen LogP contribution in [0.1, 0.15) is 37.8 Å². The lowest BCUT2D eigenvalue weighted by atomic mass is 9.79. The summed E-state index contributed by atoms with van der Waals surface area (Å²) in [6.07, 6.45) is 0. The van der Waals surface area contributed by atoms with E-state index in [1.54, 1.807) is 43.0 Å². The minimum Gasteiger partial charge on any atom is -0.466 e. The summed E-state index contributed by atoms with van der Waals surface area (Å²) >= 11 is 0. The van der Waals surface area contributed by atoms with Crippen molar-refractivity contribution in [2.75, 3.05) is 27.6 Å². The van der Waals surface area contributed by atoms with Crippen LogP contribution < -0.4 is 0 Å². The largest absolute Gasteiger partial charge is 0.466 e. The first kappa shape index (κ1) is 21.2. The number of nitriles is 1. The molecule has 7 heteroatoms. The number of nitrogens with zero attached hydrogens (tertiary/aromatic N) is 2. The molecular weight excluding hydrogens is 360 g/mol. The van der Waals surface area contributed by atoms with E-state index in [0.717, 1.165) is 0 Å². The fourth-order valence-corrected chi connectivity index (χ4v) is 3.32. The molecule has 0 bridgehead atoms. The maximum Gasteiger partial charge on any atom is 0.336 e. The first-order valence-corrected chi connectivity index (χ1v) is 8.84. The number of allylic oxidation sites excluding steroid dienone is 2. The zero-order valence-electron chi connectivity index (χ0n) is 16.7. The standard InChI is InChI=1S/C21H24N2O5/c1-6-28-12-23-13(2)17(20(24)26-4)19(18(14(23)3)21(25)27-5)16-9-7-15(11-22)8-10-16/h7-10,19H,6,12H2,1-5H3. The summed E-state index contributed by atoms with van der Waals surface area (Å²) in [6, 6.07) is 8.82. The van der Waals surface area contributed by atoms with Gasteiger partial charge in [0.2, 0.25) is 0 Å². The van der Waals surface area contributed by atoms with Gasteiger partial charge in [-0.3, -0.25) is 0 Å². The molecule has 0 unspecified atom stereocenters. The van der Waals surface area contributed by atoms with Crippen LogP contribution in [-0.4, -0.2) is 44.4 Å². The van der Waals surface area contributed by atoms with Gasteiger partial charge in [0.1, 0.15) is 6.73 Å². The van der Waals surface area contributed by atoms with Crippen molar-refractivity contribution in [2.24, 2.45) is 0 Å². The number of methoxy groups -OCH3 is 2. The number of carbonyl (C=O) groups is 2. The molecule has 0 radical (unpaired) electrons. The van der Waals surface area contributed by atoms with Crippen LogP contribution in [0.5, 0.6) is 0 Å². The third-order valence-corrected chi connectivity index (χ3v) is 4.77. The van der Waals surface area contributed by atoms with Gasteiger partial charge in [-0.05, 0) is 38.5 Å². The van der Waals surface area contributed by atoms with Crippen molar-refractivity contribution in [1.82, 2.24) is 4.90 Å². The van der Waals surface area contributed by atoms with Crippen LogP contribution in [0.15, 0.2) is 46.8 Å². The summed E-state index contributed by atoms with van der Waals surface area (Å²) in [5.74, 6) is -1.75. The number of rotatable bonds is 6. The molecule has 2 rings (SSSR count). The fraction of sp³-hybridized carbons (Fsp3) is 0.381. The molecule has 0 spiro atoms. The number of ether oxygens (including phenoxy) is 3. The first-order valence-electron chi connectivity index (χ1n) is 8.84. The van der Waals surface area contributed by atoms with E-state index in [1.807, 2.05) is 6.92 Å². The number of hydrogen-bond donors (Lipinski definition) is 0. The Bertz CT molecular complexity index is 822. The average Bonchev–Trinajstić information content (AvgIpc) is 2.72. The van der Waals surface area contributed by atoms with Gasteiger partial charge in [-0.15, -0.1) is 0 Å². The predicted molar refractivity (Wildman–Crippen MR) is 102 cm³/mol. The van der Waals surface area contributed by atoms with E-state index in [0.29, 0.717) is 40.3 Å². The summed E-state index contributed by atoms with van der Waals surface area (Å²) in [7, 11) is 2.60. The Morgan fingerprint density at radius 3 is 1.93 bits per heavy atom. The molecule has 1 aromatic rings. The molecule has 0 atom stereocenters. The molecule has 1 heterocycles. The second-order valence-corrected chi connectivity index (χ2v) is 6.20. The van der Waals surface area contributed by atoms with Gasteiger partial charge in [-0.25, -0.2) is 9.59 Å². The van der Waals surface area contributed by atoms with Crippen LogP contribution >= 0.6 is 0 Å². The van der Waals surface area contributed by atoms with Crippen LogP contribution in [0, 0.1) is 11.3 Å². The molecule has 0 saturated heterocycles. The van der Waals surface area contributed by atoms with E-state index in [1.165, 1.54) is 14.2 Å². The molecule has 0 amide bonds. The van der Waals surface area contributed by atoms with Gasteiger partial charge in [0, 0.05) is 18.0 Å². The Labute approximate surface area is 164 Å². The molecule has 0 aromatic heterocycles. The van der Waals surface area contributed by atoms with Gasteiger partial charge >= 0.3 is 11.9 Å². The Morgan fingerprint density at radius 2 is 1.54 bits per heavy atom. The highest BCUT2D eigenvalue weighted by Crippen LogP contribution is 2.42. The minimum atomic E-state index is -0.675. The van der Waals surface area contributed by atoms with Gasteiger partial charge in [0.25, 0.3) is 0 Å². The van der Waals surface area contributed by atoms with Crippen molar-refractivity contribution in [2.45, 2.75) is 26.7 Å². The van der Waals surface area contributed by atoms with E-state index < -0.39 is 17.9 Å². The van der Waals surface area contributed by atoms with Gasteiger partial charge in [-0.2, -0.15) is 5.26 Å². The number of benzene rings is 1. The van der Waals surface area contributed by atoms with Crippen LogP contribution in [0.3, 0.4) is 0 Å². The molecule has 0 saturated carbocycles.